The topological polar surface area (TPSA) is 93.1 Å². The van der Waals surface area contributed by atoms with Crippen LogP contribution in [0.1, 0.15) is 43.5 Å². The highest BCUT2D eigenvalue weighted by atomic mass is 16.5. The highest BCUT2D eigenvalue weighted by molar-refractivity contribution is 5.82. The molecule has 0 bridgehead atoms. The number of methoxy groups -OCH3 is 1. The van der Waals surface area contributed by atoms with Crippen molar-refractivity contribution in [2.75, 3.05) is 7.11 Å². The van der Waals surface area contributed by atoms with Crippen LogP contribution < -0.4 is 10.1 Å². The Balaban J connectivity index is 1.16. The van der Waals surface area contributed by atoms with Crippen molar-refractivity contribution in [2.45, 2.75) is 56.7 Å². The largest absolute Gasteiger partial charge is 0.497 e. The average Bonchev–Trinajstić information content (AvgIpc) is 2.87. The molecule has 33 heavy (non-hydrogen) atoms. The molecule has 170 valence electrons. The number of nitrogens with one attached hydrogen (secondary N) is 1. The van der Waals surface area contributed by atoms with Crippen LogP contribution in [0.5, 0.6) is 5.75 Å². The van der Waals surface area contributed by atoms with E-state index in [-0.39, 0.29) is 0 Å². The predicted molar refractivity (Wildman–Crippen MR) is 128 cm³/mol. The highest BCUT2D eigenvalue weighted by Gasteiger charge is 2.33. The highest BCUT2D eigenvalue weighted by Crippen LogP contribution is 2.33. The summed E-state index contributed by atoms with van der Waals surface area (Å²) >= 11 is 0. The molecule has 1 fully saturated rings. The fourth-order valence-corrected chi connectivity index (χ4v) is 4.71. The van der Waals surface area contributed by atoms with Gasteiger partial charge < -0.3 is 15.2 Å². The molecule has 5 rings (SSSR count). The van der Waals surface area contributed by atoms with Crippen LogP contribution in [0, 0.1) is 0 Å². The molecule has 0 unspecified atom stereocenters. The molecule has 1 saturated carbocycles. The molecule has 0 spiro atoms. The van der Waals surface area contributed by atoms with E-state index in [9.17, 15) is 5.11 Å². The van der Waals surface area contributed by atoms with E-state index in [1.54, 1.807) is 13.4 Å². The Kier molecular flexibility index (Phi) is 6.15. The lowest BCUT2D eigenvalue weighted by Crippen LogP contribution is -2.41. The lowest BCUT2D eigenvalue weighted by molar-refractivity contribution is -0.0110. The maximum absolute atomic E-state index is 11.2. The Morgan fingerprint density at radius 3 is 2.67 bits per heavy atom. The van der Waals surface area contributed by atoms with Crippen LogP contribution >= 0.6 is 0 Å². The monoisotopic (exact) mass is 443 g/mol. The van der Waals surface area contributed by atoms with Crippen LogP contribution in [0.3, 0.4) is 0 Å². The predicted octanol–water partition coefficient (Wildman–Crippen LogP) is 3.98. The fourth-order valence-electron chi connectivity index (χ4n) is 4.71. The van der Waals surface area contributed by atoms with Crippen molar-refractivity contribution < 1.29 is 9.84 Å². The van der Waals surface area contributed by atoms with Crippen molar-refractivity contribution in [1.82, 2.24) is 25.3 Å². The Morgan fingerprint density at radius 2 is 1.85 bits per heavy atom. The van der Waals surface area contributed by atoms with E-state index in [1.165, 1.54) is 0 Å². The molecule has 1 aliphatic carbocycles. The first-order valence-corrected chi connectivity index (χ1v) is 11.6. The van der Waals surface area contributed by atoms with Gasteiger partial charge in [0.25, 0.3) is 0 Å². The lowest BCUT2D eigenvalue weighted by Gasteiger charge is -2.36. The van der Waals surface area contributed by atoms with Crippen LogP contribution in [-0.4, -0.2) is 43.8 Å². The zero-order valence-corrected chi connectivity index (χ0v) is 18.9. The van der Waals surface area contributed by atoms with Gasteiger partial charge in [-0.25, -0.2) is 15.0 Å². The number of para-hydroxylation sites is 2. The van der Waals surface area contributed by atoms with E-state index in [4.69, 9.17) is 9.72 Å². The third kappa shape index (κ3) is 4.94. The van der Waals surface area contributed by atoms with E-state index < -0.39 is 5.60 Å². The number of ether oxygens (including phenoxy) is 1. The molecular formula is C26H29N5O2. The van der Waals surface area contributed by atoms with E-state index in [2.05, 4.69) is 20.3 Å². The molecule has 0 atom stereocenters. The van der Waals surface area contributed by atoms with Crippen molar-refractivity contribution in [2.24, 2.45) is 0 Å². The molecule has 7 heteroatoms. The standard InChI is InChI=1S/C26H29N5O2/c1-33-20-6-7-22-21(14-20)23(30-17-29-22)10-13-26(32)11-8-18(9-12-26)27-15-19-16-28-24-4-2-3-5-25(24)31-19/h2-7,14,16-18,27,32H,8-13,15H2,1H3. The van der Waals surface area contributed by atoms with Gasteiger partial charge in [0.05, 0.1) is 46.8 Å². The zero-order chi connectivity index (χ0) is 22.7. The summed E-state index contributed by atoms with van der Waals surface area (Å²) in [7, 11) is 1.66. The van der Waals surface area contributed by atoms with E-state index in [0.717, 1.165) is 64.8 Å². The van der Waals surface area contributed by atoms with Crippen molar-refractivity contribution in [3.05, 3.63) is 66.4 Å². The normalized spacial score (nSPS) is 20.8. The number of rotatable bonds is 7. The Bertz CT molecular complexity index is 1250. The second-order valence-corrected chi connectivity index (χ2v) is 8.93. The summed E-state index contributed by atoms with van der Waals surface area (Å²) in [5, 5.41) is 15.8. The average molecular weight is 444 g/mol. The van der Waals surface area contributed by atoms with Crippen LogP contribution in [0.4, 0.5) is 0 Å². The molecule has 0 radical (unpaired) electrons. The molecule has 2 aromatic carbocycles. The molecule has 2 N–H and O–H groups in total. The lowest BCUT2D eigenvalue weighted by atomic mass is 9.79. The molecule has 2 aromatic heterocycles. The number of fused-ring (bicyclic) bond motifs is 2. The summed E-state index contributed by atoms with van der Waals surface area (Å²) in [6.45, 7) is 0.690. The maximum atomic E-state index is 11.2. The fraction of sp³-hybridized carbons (Fsp3) is 0.385. The summed E-state index contributed by atoms with van der Waals surface area (Å²) in [4.78, 5) is 18.0. The first-order valence-electron chi connectivity index (χ1n) is 11.6. The van der Waals surface area contributed by atoms with Gasteiger partial charge in [0.15, 0.2) is 0 Å². The van der Waals surface area contributed by atoms with Crippen LogP contribution in [0.2, 0.25) is 0 Å². The van der Waals surface area contributed by atoms with Crippen molar-refractivity contribution >= 4 is 21.9 Å². The molecule has 4 aromatic rings. The second-order valence-electron chi connectivity index (χ2n) is 8.93. The third-order valence-electron chi connectivity index (χ3n) is 6.74. The van der Waals surface area contributed by atoms with Gasteiger partial charge in [0.1, 0.15) is 12.1 Å². The number of hydrogen-bond acceptors (Lipinski definition) is 7. The number of aryl methyl sites for hydroxylation is 1. The van der Waals surface area contributed by atoms with Gasteiger partial charge in [0, 0.05) is 18.0 Å². The molecule has 0 aliphatic heterocycles. The summed E-state index contributed by atoms with van der Waals surface area (Å²) in [6, 6.07) is 14.1. The summed E-state index contributed by atoms with van der Waals surface area (Å²) in [5.41, 5.74) is 3.99. The molecule has 2 heterocycles. The van der Waals surface area contributed by atoms with Gasteiger partial charge in [0.2, 0.25) is 0 Å². The van der Waals surface area contributed by atoms with Crippen molar-refractivity contribution in [3.8, 4) is 5.75 Å². The van der Waals surface area contributed by atoms with Crippen LogP contribution in [-0.2, 0) is 13.0 Å². The van der Waals surface area contributed by atoms with Gasteiger partial charge in [-0.2, -0.15) is 0 Å². The third-order valence-corrected chi connectivity index (χ3v) is 6.74. The van der Waals surface area contributed by atoms with E-state index >= 15 is 0 Å². The van der Waals surface area contributed by atoms with Crippen molar-refractivity contribution in [1.29, 1.82) is 0 Å². The Labute approximate surface area is 193 Å². The first-order chi connectivity index (χ1) is 16.1. The number of benzene rings is 2. The molecule has 1 aliphatic rings. The minimum absolute atomic E-state index is 0.377. The Morgan fingerprint density at radius 1 is 1.03 bits per heavy atom. The smallest absolute Gasteiger partial charge is 0.119 e. The van der Waals surface area contributed by atoms with Gasteiger partial charge in [-0.1, -0.05) is 12.1 Å². The molecule has 7 nitrogen and oxygen atoms in total. The number of aromatic nitrogens is 4. The molecule has 0 saturated heterocycles. The second kappa shape index (κ2) is 9.37. The van der Waals surface area contributed by atoms with Gasteiger partial charge in [-0.15, -0.1) is 0 Å². The Hall–Kier alpha value is -3.16. The number of nitrogens with zero attached hydrogens (tertiary/aromatic N) is 4. The van der Waals surface area contributed by atoms with Gasteiger partial charge in [-0.3, -0.25) is 4.98 Å². The van der Waals surface area contributed by atoms with E-state index in [1.807, 2.05) is 48.7 Å². The maximum Gasteiger partial charge on any atom is 0.119 e. The van der Waals surface area contributed by atoms with Crippen LogP contribution in [0.15, 0.2) is 55.0 Å². The number of aliphatic hydroxyl groups is 1. The quantitative estimate of drug-likeness (QED) is 0.446. The first kappa shape index (κ1) is 21.7. The number of hydrogen-bond donors (Lipinski definition) is 2. The van der Waals surface area contributed by atoms with Crippen LogP contribution in [0.25, 0.3) is 21.9 Å². The molecular weight excluding hydrogens is 414 g/mol. The summed E-state index contributed by atoms with van der Waals surface area (Å²) < 4.78 is 5.36. The SMILES string of the molecule is COc1ccc2ncnc(CCC3(O)CCC(NCc4cnc5ccccc5n4)CC3)c2c1. The zero-order valence-electron chi connectivity index (χ0n) is 18.9. The van der Waals surface area contributed by atoms with Gasteiger partial charge in [-0.05, 0) is 68.9 Å². The summed E-state index contributed by atoms with van der Waals surface area (Å²) in [6.07, 6.45) is 8.29. The van der Waals surface area contributed by atoms with Crippen molar-refractivity contribution in [3.63, 3.8) is 0 Å². The summed E-state index contributed by atoms with van der Waals surface area (Å²) in [5.74, 6) is 0.792. The van der Waals surface area contributed by atoms with E-state index in [0.29, 0.717) is 25.4 Å². The van der Waals surface area contributed by atoms with Gasteiger partial charge >= 0.3 is 0 Å². The minimum Gasteiger partial charge on any atom is -0.497 e. The minimum atomic E-state index is -0.656. The molecule has 0 amide bonds.